The zero-order chi connectivity index (χ0) is 18.1. The second-order valence-electron chi connectivity index (χ2n) is 4.86. The summed E-state index contributed by atoms with van der Waals surface area (Å²) in [6.45, 7) is 7.30. The number of nitrogens with one attached hydrogen (secondary N) is 3. The van der Waals surface area contributed by atoms with E-state index in [-0.39, 0.29) is 18.0 Å². The minimum Gasteiger partial charge on any atom is -0.497 e. The predicted octanol–water partition coefficient (Wildman–Crippen LogP) is 2.15. The van der Waals surface area contributed by atoms with E-state index in [0.29, 0.717) is 22.6 Å². The maximum Gasteiger partial charge on any atom is 0.251 e. The molecule has 0 saturated carbocycles. The summed E-state index contributed by atoms with van der Waals surface area (Å²) in [5.41, 5.74) is 1.17. The topological polar surface area (TPSA) is 91.3 Å². The van der Waals surface area contributed by atoms with E-state index in [0.717, 1.165) is 0 Å². The highest BCUT2D eigenvalue weighted by Gasteiger charge is 2.15. The van der Waals surface area contributed by atoms with Gasteiger partial charge < -0.3 is 20.8 Å². The highest BCUT2D eigenvalue weighted by molar-refractivity contribution is 6.14. The lowest BCUT2D eigenvalue weighted by molar-refractivity contribution is -0.119. The molecule has 2 amide bonds. The molecular weight excluding hydrogens is 306 g/mol. The third-order valence-electron chi connectivity index (χ3n) is 3.09. The Kier molecular flexibility index (Phi) is 7.16. The second-order valence-corrected chi connectivity index (χ2v) is 4.86. The van der Waals surface area contributed by atoms with Gasteiger partial charge in [0.25, 0.3) is 5.91 Å². The summed E-state index contributed by atoms with van der Waals surface area (Å²) in [5.74, 6) is -0.275. The highest BCUT2D eigenvalue weighted by atomic mass is 16.5. The van der Waals surface area contributed by atoms with Crippen LogP contribution in [0.1, 0.15) is 22.3 Å². The van der Waals surface area contributed by atoms with Crippen LogP contribution in [-0.4, -0.2) is 31.7 Å². The molecule has 3 N–H and O–H groups in total. The normalized spacial score (nSPS) is 10.1. The van der Waals surface area contributed by atoms with Gasteiger partial charge in [-0.25, -0.2) is 0 Å². The van der Waals surface area contributed by atoms with Gasteiger partial charge in [0.1, 0.15) is 5.76 Å². The first-order valence-corrected chi connectivity index (χ1v) is 7.17. The monoisotopic (exact) mass is 327 g/mol. The lowest BCUT2D eigenvalue weighted by Gasteiger charge is -2.10. The molecule has 1 rings (SSSR count). The third-order valence-corrected chi connectivity index (χ3v) is 3.09. The van der Waals surface area contributed by atoms with Crippen LogP contribution in [-0.2, 0) is 9.53 Å². The summed E-state index contributed by atoms with van der Waals surface area (Å²) in [6.07, 6.45) is 2.94. The Morgan fingerprint density at radius 1 is 1.21 bits per heavy atom. The quantitative estimate of drug-likeness (QED) is 0.388. The average molecular weight is 327 g/mol. The van der Waals surface area contributed by atoms with Gasteiger partial charge in [-0.1, -0.05) is 31.4 Å². The van der Waals surface area contributed by atoms with Crippen molar-refractivity contribution in [3.05, 3.63) is 72.2 Å². The molecular formula is C18H21N3O3. The van der Waals surface area contributed by atoms with Gasteiger partial charge in [0, 0.05) is 29.6 Å². The Morgan fingerprint density at radius 2 is 1.83 bits per heavy atom. The van der Waals surface area contributed by atoms with Crippen LogP contribution in [0.3, 0.4) is 0 Å². The van der Waals surface area contributed by atoms with Crippen molar-refractivity contribution in [1.29, 1.82) is 5.41 Å². The molecule has 6 nitrogen and oxygen atoms in total. The standard InChI is InChI=1S/C18H21N3O3/c1-12(9-10-13(2)24-4)21-17(22)11-16(19)14-7-5-6-8-15(14)18(23)20-3/h5-10,19H,1-2,11H2,3-4H3,(H,20,23)(H,21,22)/b10-9-,19-16?. The number of allylic oxidation sites excluding steroid dienone is 2. The van der Waals surface area contributed by atoms with E-state index in [1.54, 1.807) is 36.4 Å². The molecule has 0 heterocycles. The van der Waals surface area contributed by atoms with E-state index in [9.17, 15) is 9.59 Å². The lowest BCUT2D eigenvalue weighted by atomic mass is 10.00. The summed E-state index contributed by atoms with van der Waals surface area (Å²) in [5, 5.41) is 13.2. The van der Waals surface area contributed by atoms with Gasteiger partial charge in [0.2, 0.25) is 5.91 Å². The molecule has 1 aromatic carbocycles. The van der Waals surface area contributed by atoms with E-state index in [1.807, 2.05) is 0 Å². The van der Waals surface area contributed by atoms with Gasteiger partial charge in [0.15, 0.2) is 0 Å². The Balaban J connectivity index is 2.73. The molecule has 0 aliphatic carbocycles. The number of amides is 2. The predicted molar refractivity (Wildman–Crippen MR) is 93.8 cm³/mol. The van der Waals surface area contributed by atoms with Crippen LogP contribution >= 0.6 is 0 Å². The van der Waals surface area contributed by atoms with Crippen LogP contribution in [0.2, 0.25) is 0 Å². The number of benzene rings is 1. The molecule has 0 spiro atoms. The molecule has 0 radical (unpaired) electrons. The molecule has 0 bridgehead atoms. The molecule has 24 heavy (non-hydrogen) atoms. The first-order valence-electron chi connectivity index (χ1n) is 7.17. The number of rotatable bonds is 8. The summed E-state index contributed by atoms with van der Waals surface area (Å²) in [4.78, 5) is 23.8. The van der Waals surface area contributed by atoms with Gasteiger partial charge in [0.05, 0.1) is 13.5 Å². The minimum atomic E-state index is -0.399. The molecule has 0 saturated heterocycles. The summed E-state index contributed by atoms with van der Waals surface area (Å²) < 4.78 is 4.87. The number of hydrogen-bond acceptors (Lipinski definition) is 4. The molecule has 0 aliphatic rings. The molecule has 1 aromatic rings. The number of hydrogen-bond donors (Lipinski definition) is 3. The SMILES string of the molecule is C=C(/C=C\C(=C)OC)NC(=O)CC(=N)c1ccccc1C(=O)NC. The summed E-state index contributed by atoms with van der Waals surface area (Å²) in [6, 6.07) is 6.67. The summed E-state index contributed by atoms with van der Waals surface area (Å²) >= 11 is 0. The number of methoxy groups -OCH3 is 1. The van der Waals surface area contributed by atoms with E-state index >= 15 is 0 Å². The molecule has 0 aromatic heterocycles. The van der Waals surface area contributed by atoms with Crippen molar-refractivity contribution < 1.29 is 14.3 Å². The molecule has 0 aliphatic heterocycles. The second kappa shape index (κ2) is 9.09. The van der Waals surface area contributed by atoms with Crippen molar-refractivity contribution >= 4 is 17.5 Å². The zero-order valence-electron chi connectivity index (χ0n) is 13.8. The van der Waals surface area contributed by atoms with Crippen molar-refractivity contribution in [2.75, 3.05) is 14.2 Å². The fourth-order valence-corrected chi connectivity index (χ4v) is 1.86. The number of carbonyl (C=O) groups is 2. The average Bonchev–Trinajstić information content (AvgIpc) is 2.58. The highest BCUT2D eigenvalue weighted by Crippen LogP contribution is 2.11. The van der Waals surface area contributed by atoms with Crippen molar-refractivity contribution in [3.8, 4) is 0 Å². The van der Waals surface area contributed by atoms with Gasteiger partial charge in [-0.2, -0.15) is 0 Å². The van der Waals surface area contributed by atoms with Crippen molar-refractivity contribution in [2.45, 2.75) is 6.42 Å². The van der Waals surface area contributed by atoms with Gasteiger partial charge in [-0.3, -0.25) is 9.59 Å². The van der Waals surface area contributed by atoms with Crippen molar-refractivity contribution in [2.24, 2.45) is 0 Å². The zero-order valence-corrected chi connectivity index (χ0v) is 13.8. The smallest absolute Gasteiger partial charge is 0.251 e. The summed E-state index contributed by atoms with van der Waals surface area (Å²) in [7, 11) is 3.00. The lowest BCUT2D eigenvalue weighted by Crippen LogP contribution is -2.26. The first-order chi connectivity index (χ1) is 11.4. The minimum absolute atomic E-state index is 0.0461. The molecule has 0 unspecified atom stereocenters. The van der Waals surface area contributed by atoms with Crippen LogP contribution < -0.4 is 10.6 Å². The third kappa shape index (κ3) is 5.57. The Morgan fingerprint density at radius 3 is 2.42 bits per heavy atom. The van der Waals surface area contributed by atoms with E-state index in [2.05, 4.69) is 23.8 Å². The first kappa shape index (κ1) is 18.9. The fourth-order valence-electron chi connectivity index (χ4n) is 1.86. The van der Waals surface area contributed by atoms with Crippen LogP contribution in [0, 0.1) is 5.41 Å². The Bertz CT molecular complexity index is 705. The van der Waals surface area contributed by atoms with Crippen LogP contribution in [0.25, 0.3) is 0 Å². The maximum atomic E-state index is 12.0. The largest absolute Gasteiger partial charge is 0.497 e. The molecule has 126 valence electrons. The number of carbonyl (C=O) groups excluding carboxylic acids is 2. The van der Waals surface area contributed by atoms with Crippen molar-refractivity contribution in [3.63, 3.8) is 0 Å². The molecule has 0 atom stereocenters. The Hall–Kier alpha value is -3.15. The maximum absolute atomic E-state index is 12.0. The van der Waals surface area contributed by atoms with E-state index < -0.39 is 5.91 Å². The van der Waals surface area contributed by atoms with Gasteiger partial charge in [-0.15, -0.1) is 0 Å². The molecule has 6 heteroatoms. The van der Waals surface area contributed by atoms with Crippen molar-refractivity contribution in [1.82, 2.24) is 10.6 Å². The van der Waals surface area contributed by atoms with E-state index in [4.69, 9.17) is 10.1 Å². The van der Waals surface area contributed by atoms with Crippen LogP contribution in [0.4, 0.5) is 0 Å². The molecule has 0 fully saturated rings. The van der Waals surface area contributed by atoms with Gasteiger partial charge in [-0.05, 0) is 18.2 Å². The number of ether oxygens (including phenoxy) is 1. The Labute approximate surface area is 141 Å². The van der Waals surface area contributed by atoms with Crippen LogP contribution in [0.15, 0.2) is 61.0 Å². The van der Waals surface area contributed by atoms with Gasteiger partial charge >= 0.3 is 0 Å². The van der Waals surface area contributed by atoms with Crippen LogP contribution in [0.5, 0.6) is 0 Å². The fraction of sp³-hybridized carbons (Fsp3) is 0.167. The van der Waals surface area contributed by atoms with E-state index in [1.165, 1.54) is 14.2 Å².